The van der Waals surface area contributed by atoms with Gasteiger partial charge in [-0.1, -0.05) is 12.1 Å². The summed E-state index contributed by atoms with van der Waals surface area (Å²) >= 11 is 0. The van der Waals surface area contributed by atoms with E-state index in [0.717, 1.165) is 82.1 Å². The second-order valence-electron chi connectivity index (χ2n) is 10.1. The summed E-state index contributed by atoms with van der Waals surface area (Å²) in [7, 11) is 6.70. The third-order valence-electron chi connectivity index (χ3n) is 7.70. The van der Waals surface area contributed by atoms with E-state index in [4.69, 9.17) is 37.9 Å². The lowest BCUT2D eigenvalue weighted by Crippen LogP contribution is -1.99. The first kappa shape index (κ1) is 27.4. The minimum Gasteiger partial charge on any atom is -0.496 e. The molecule has 6 rings (SSSR count). The van der Waals surface area contributed by atoms with Gasteiger partial charge in [0, 0.05) is 0 Å². The van der Waals surface area contributed by atoms with Gasteiger partial charge in [-0.05, 0) is 108 Å². The molecule has 0 spiro atoms. The summed E-state index contributed by atoms with van der Waals surface area (Å²) in [4.78, 5) is 0. The van der Waals surface area contributed by atoms with E-state index in [1.165, 1.54) is 0 Å². The van der Waals surface area contributed by atoms with Gasteiger partial charge in [-0.3, -0.25) is 0 Å². The predicted molar refractivity (Wildman–Crippen MR) is 158 cm³/mol. The van der Waals surface area contributed by atoms with E-state index in [0.29, 0.717) is 23.0 Å². The summed E-state index contributed by atoms with van der Waals surface area (Å²) in [6, 6.07) is 20.7. The van der Waals surface area contributed by atoms with Gasteiger partial charge in [0.15, 0.2) is 23.0 Å². The van der Waals surface area contributed by atoms with Crippen LogP contribution in [0, 0.1) is 0 Å². The Bertz CT molecular complexity index is 1480. The zero-order chi connectivity index (χ0) is 29.1. The van der Waals surface area contributed by atoms with E-state index in [2.05, 4.69) is 24.3 Å². The smallest absolute Gasteiger partial charge is 0.231 e. The van der Waals surface area contributed by atoms with Crippen molar-refractivity contribution in [2.75, 3.05) is 42.0 Å². The summed E-state index contributed by atoms with van der Waals surface area (Å²) in [5.41, 5.74) is 6.68. The van der Waals surface area contributed by atoms with Crippen LogP contribution in [0.15, 0.2) is 60.7 Å². The maximum atomic E-state index is 5.72. The molecule has 0 aliphatic carbocycles. The maximum absolute atomic E-state index is 5.72. The monoisotopic (exact) mass is 570 g/mol. The SMILES string of the molecule is COc1ccc(-c2ccc(OC)c(CCc3cc(OC)c4c(c3)OCO4)c2)cc1CCc1cc(OC)c2c(c1)OCO2. The Labute approximate surface area is 245 Å². The quantitative estimate of drug-likeness (QED) is 0.205. The molecule has 0 fully saturated rings. The molecule has 4 aromatic carbocycles. The fourth-order valence-electron chi connectivity index (χ4n) is 5.52. The lowest BCUT2D eigenvalue weighted by molar-refractivity contribution is 0.171. The van der Waals surface area contributed by atoms with Crippen molar-refractivity contribution in [1.29, 1.82) is 0 Å². The highest BCUT2D eigenvalue weighted by Gasteiger charge is 2.21. The molecule has 2 aliphatic rings. The molecule has 0 saturated heterocycles. The Morgan fingerprint density at radius 2 is 0.905 bits per heavy atom. The Morgan fingerprint density at radius 1 is 0.476 bits per heavy atom. The van der Waals surface area contributed by atoms with Crippen molar-refractivity contribution in [3.8, 4) is 57.1 Å². The van der Waals surface area contributed by atoms with E-state index in [9.17, 15) is 0 Å². The number of methoxy groups -OCH3 is 4. The third-order valence-corrected chi connectivity index (χ3v) is 7.70. The molecule has 4 aromatic rings. The molecule has 42 heavy (non-hydrogen) atoms. The number of hydrogen-bond donors (Lipinski definition) is 0. The molecule has 2 heterocycles. The van der Waals surface area contributed by atoms with E-state index < -0.39 is 0 Å². The van der Waals surface area contributed by atoms with Crippen LogP contribution in [0.5, 0.6) is 46.0 Å². The maximum Gasteiger partial charge on any atom is 0.231 e. The molecule has 8 heteroatoms. The number of fused-ring (bicyclic) bond motifs is 2. The van der Waals surface area contributed by atoms with Crippen LogP contribution >= 0.6 is 0 Å². The largest absolute Gasteiger partial charge is 0.496 e. The highest BCUT2D eigenvalue weighted by Crippen LogP contribution is 2.43. The first-order valence-electron chi connectivity index (χ1n) is 13.9. The minimum atomic E-state index is 0.208. The highest BCUT2D eigenvalue weighted by atomic mass is 16.7. The molecule has 0 bridgehead atoms. The Balaban J connectivity index is 1.23. The molecular formula is C34H34O8. The molecular weight excluding hydrogens is 536 g/mol. The molecule has 0 aromatic heterocycles. The Morgan fingerprint density at radius 3 is 1.31 bits per heavy atom. The van der Waals surface area contributed by atoms with Gasteiger partial charge in [0.25, 0.3) is 0 Å². The molecule has 8 nitrogen and oxygen atoms in total. The number of ether oxygens (including phenoxy) is 8. The average molecular weight is 571 g/mol. The summed E-state index contributed by atoms with van der Waals surface area (Å²) in [5.74, 6) is 5.85. The highest BCUT2D eigenvalue weighted by molar-refractivity contribution is 5.68. The number of rotatable bonds is 11. The standard InChI is InChI=1S/C34H34O8/c1-35-27-11-9-23(17-25(27)7-5-21-13-29(37-3)33-31(15-21)39-19-41-33)24-10-12-28(36-2)26(18-24)8-6-22-14-30(38-4)34-32(16-22)40-20-42-34/h9-18H,5-8,19-20H2,1-4H3. The normalized spacial score (nSPS) is 12.8. The van der Waals surface area contributed by atoms with Crippen molar-refractivity contribution < 1.29 is 37.9 Å². The fourth-order valence-corrected chi connectivity index (χ4v) is 5.52. The summed E-state index contributed by atoms with van der Waals surface area (Å²) in [6.07, 6.45) is 3.16. The van der Waals surface area contributed by atoms with Crippen LogP contribution in [0.4, 0.5) is 0 Å². The van der Waals surface area contributed by atoms with Crippen LogP contribution in [-0.2, 0) is 25.7 Å². The molecule has 0 radical (unpaired) electrons. The van der Waals surface area contributed by atoms with Gasteiger partial charge in [0.2, 0.25) is 25.1 Å². The van der Waals surface area contributed by atoms with E-state index in [1.807, 2.05) is 36.4 Å². The molecule has 0 unspecified atom stereocenters. The zero-order valence-electron chi connectivity index (χ0n) is 24.3. The number of aryl methyl sites for hydroxylation is 4. The van der Waals surface area contributed by atoms with E-state index >= 15 is 0 Å². The number of benzene rings is 4. The second-order valence-corrected chi connectivity index (χ2v) is 10.1. The van der Waals surface area contributed by atoms with Crippen LogP contribution in [-0.4, -0.2) is 42.0 Å². The first-order valence-corrected chi connectivity index (χ1v) is 13.9. The molecule has 0 saturated carbocycles. The number of hydrogen-bond acceptors (Lipinski definition) is 8. The second kappa shape index (κ2) is 12.0. The average Bonchev–Trinajstić information content (AvgIpc) is 3.71. The van der Waals surface area contributed by atoms with Crippen LogP contribution in [0.3, 0.4) is 0 Å². The molecule has 218 valence electrons. The van der Waals surface area contributed by atoms with Crippen molar-refractivity contribution in [1.82, 2.24) is 0 Å². The van der Waals surface area contributed by atoms with Crippen molar-refractivity contribution >= 4 is 0 Å². The summed E-state index contributed by atoms with van der Waals surface area (Å²) in [5, 5.41) is 0. The van der Waals surface area contributed by atoms with Crippen molar-refractivity contribution in [3.05, 3.63) is 82.9 Å². The van der Waals surface area contributed by atoms with E-state index in [-0.39, 0.29) is 13.6 Å². The van der Waals surface area contributed by atoms with Gasteiger partial charge in [-0.15, -0.1) is 0 Å². The predicted octanol–water partition coefficient (Wildman–Crippen LogP) is 6.42. The van der Waals surface area contributed by atoms with Crippen molar-refractivity contribution in [3.63, 3.8) is 0 Å². The van der Waals surface area contributed by atoms with Gasteiger partial charge in [0.05, 0.1) is 28.4 Å². The third kappa shape index (κ3) is 5.44. The molecule has 2 aliphatic heterocycles. The Kier molecular flexibility index (Phi) is 7.86. The van der Waals surface area contributed by atoms with Gasteiger partial charge in [-0.25, -0.2) is 0 Å². The Hall–Kier alpha value is -4.72. The first-order chi connectivity index (χ1) is 20.6. The van der Waals surface area contributed by atoms with E-state index in [1.54, 1.807) is 28.4 Å². The molecule has 0 N–H and O–H groups in total. The van der Waals surface area contributed by atoms with Crippen LogP contribution in [0.1, 0.15) is 22.3 Å². The summed E-state index contributed by atoms with van der Waals surface area (Å²) < 4.78 is 44.8. The van der Waals surface area contributed by atoms with Gasteiger partial charge in [-0.2, -0.15) is 0 Å². The van der Waals surface area contributed by atoms with Gasteiger partial charge >= 0.3 is 0 Å². The molecule has 0 atom stereocenters. The molecule has 0 amide bonds. The van der Waals surface area contributed by atoms with Crippen molar-refractivity contribution in [2.24, 2.45) is 0 Å². The van der Waals surface area contributed by atoms with Crippen LogP contribution in [0.2, 0.25) is 0 Å². The topological polar surface area (TPSA) is 73.8 Å². The fraction of sp³-hybridized carbons (Fsp3) is 0.294. The minimum absolute atomic E-state index is 0.208. The van der Waals surface area contributed by atoms with Gasteiger partial charge < -0.3 is 37.9 Å². The summed E-state index contributed by atoms with van der Waals surface area (Å²) in [6.45, 7) is 0.416. The van der Waals surface area contributed by atoms with Crippen molar-refractivity contribution in [2.45, 2.75) is 25.7 Å². The van der Waals surface area contributed by atoms with Gasteiger partial charge in [0.1, 0.15) is 11.5 Å². The van der Waals surface area contributed by atoms with Crippen LogP contribution < -0.4 is 37.9 Å². The van der Waals surface area contributed by atoms with Crippen LogP contribution in [0.25, 0.3) is 11.1 Å². The lowest BCUT2D eigenvalue weighted by Gasteiger charge is -2.15. The lowest BCUT2D eigenvalue weighted by atomic mass is 9.95. The zero-order valence-corrected chi connectivity index (χ0v) is 24.3.